The Morgan fingerprint density at radius 3 is 1.27 bits per heavy atom. The minimum atomic E-state index is -6.09. The Kier molecular flexibility index (Phi) is 9.10. The van der Waals surface area contributed by atoms with Crippen molar-refractivity contribution in [3.63, 3.8) is 0 Å². The van der Waals surface area contributed by atoms with Gasteiger partial charge in [0, 0.05) is 0 Å². The Morgan fingerprint density at radius 2 is 1.27 bits per heavy atom. The van der Waals surface area contributed by atoms with Gasteiger partial charge in [-0.1, -0.05) is 0 Å². The molecular formula is C3H4AgF3O3S. The van der Waals surface area contributed by atoms with Crippen molar-refractivity contribution in [3.05, 3.63) is 13.2 Å². The fourth-order valence-electron chi connectivity index (χ4n) is 0. The largest absolute Gasteiger partial charge is 1.00 e. The van der Waals surface area contributed by atoms with E-state index in [1.807, 2.05) is 0 Å². The number of halogens is 3. The van der Waals surface area contributed by atoms with Crippen LogP contribution in [0.3, 0.4) is 0 Å². The number of hydrogen-bond acceptors (Lipinski definition) is 3. The van der Waals surface area contributed by atoms with Crippen molar-refractivity contribution in [1.82, 2.24) is 0 Å². The number of rotatable bonds is 0. The smallest absolute Gasteiger partial charge is 0.741 e. The SMILES string of the molecule is C=C.O=S(=O)([O-])C(F)(F)F.[Ag+]. The quantitative estimate of drug-likeness (QED) is 0.287. The van der Waals surface area contributed by atoms with E-state index < -0.39 is 15.6 Å². The van der Waals surface area contributed by atoms with Crippen molar-refractivity contribution < 1.29 is 48.5 Å². The van der Waals surface area contributed by atoms with Crippen LogP contribution in [0.25, 0.3) is 0 Å². The molecule has 0 heterocycles. The Balaban J connectivity index is -0.000000196. The minimum absolute atomic E-state index is 0. The van der Waals surface area contributed by atoms with E-state index in [1.54, 1.807) is 0 Å². The van der Waals surface area contributed by atoms with Gasteiger partial charge < -0.3 is 4.55 Å². The summed E-state index contributed by atoms with van der Waals surface area (Å²) in [6.07, 6.45) is 0. The Labute approximate surface area is 77.5 Å². The van der Waals surface area contributed by atoms with Crippen molar-refractivity contribution in [2.45, 2.75) is 5.51 Å². The van der Waals surface area contributed by atoms with Crippen molar-refractivity contribution in [3.8, 4) is 0 Å². The van der Waals surface area contributed by atoms with Gasteiger partial charge in [0.15, 0.2) is 10.1 Å². The normalized spacial score (nSPS) is 10.5. The molecule has 0 aliphatic carbocycles. The summed E-state index contributed by atoms with van der Waals surface area (Å²) < 4.78 is 58.9. The standard InChI is InChI=1S/C2H4.CHF3O3S.Ag/c1-2;2-1(3,4)8(5,6)7;/h1-2H2;(H,5,6,7);/q;;+1/p-1. The van der Waals surface area contributed by atoms with Crippen LogP contribution in [0.4, 0.5) is 13.2 Å². The Bertz CT molecular complexity index is 184. The molecule has 0 rings (SSSR count). The van der Waals surface area contributed by atoms with Crippen molar-refractivity contribution in [2.24, 2.45) is 0 Å². The van der Waals surface area contributed by atoms with Crippen LogP contribution in [0.2, 0.25) is 0 Å². The summed E-state index contributed by atoms with van der Waals surface area (Å²) in [6, 6.07) is 0. The molecule has 0 aromatic rings. The van der Waals surface area contributed by atoms with Crippen LogP contribution in [-0.4, -0.2) is 18.5 Å². The van der Waals surface area contributed by atoms with E-state index >= 15 is 0 Å². The van der Waals surface area contributed by atoms with Gasteiger partial charge in [-0.3, -0.25) is 0 Å². The summed E-state index contributed by atoms with van der Waals surface area (Å²) in [4.78, 5) is 0. The summed E-state index contributed by atoms with van der Waals surface area (Å²) >= 11 is 0. The van der Waals surface area contributed by atoms with Crippen LogP contribution >= 0.6 is 0 Å². The molecule has 0 saturated heterocycles. The summed E-state index contributed by atoms with van der Waals surface area (Å²) in [5.74, 6) is 0. The van der Waals surface area contributed by atoms with Gasteiger partial charge in [0.25, 0.3) is 0 Å². The van der Waals surface area contributed by atoms with Crippen molar-refractivity contribution in [2.75, 3.05) is 0 Å². The van der Waals surface area contributed by atoms with Crippen molar-refractivity contribution in [1.29, 1.82) is 0 Å². The predicted octanol–water partition coefficient (Wildman–Crippen LogP) is 0.851. The first kappa shape index (κ1) is 17.3. The van der Waals surface area contributed by atoms with E-state index in [0.717, 1.165) is 0 Å². The average molecular weight is 285 g/mol. The molecule has 0 radical (unpaired) electrons. The third kappa shape index (κ3) is 8.08. The van der Waals surface area contributed by atoms with Crippen molar-refractivity contribution >= 4 is 10.1 Å². The molecule has 72 valence electrons. The van der Waals surface area contributed by atoms with E-state index in [0.29, 0.717) is 0 Å². The van der Waals surface area contributed by atoms with Crippen LogP contribution in [0.15, 0.2) is 13.2 Å². The van der Waals surface area contributed by atoms with Crippen LogP contribution in [0.5, 0.6) is 0 Å². The zero-order chi connectivity index (χ0) is 9.00. The average Bonchev–Trinajstić information content (AvgIpc) is 1.66. The van der Waals surface area contributed by atoms with Gasteiger partial charge in [0.2, 0.25) is 0 Å². The fourth-order valence-corrected chi connectivity index (χ4v) is 0. The minimum Gasteiger partial charge on any atom is -0.741 e. The number of hydrogen-bond donors (Lipinski definition) is 0. The van der Waals surface area contributed by atoms with Gasteiger partial charge in [-0.05, 0) is 0 Å². The van der Waals surface area contributed by atoms with E-state index in [4.69, 9.17) is 13.0 Å². The molecule has 0 N–H and O–H groups in total. The van der Waals surface area contributed by atoms with Gasteiger partial charge in [0.1, 0.15) is 0 Å². The monoisotopic (exact) mass is 284 g/mol. The molecule has 0 aromatic carbocycles. The first-order chi connectivity index (χ1) is 4.25. The molecule has 0 aliphatic heterocycles. The Morgan fingerprint density at radius 1 is 1.18 bits per heavy atom. The topological polar surface area (TPSA) is 57.2 Å². The molecular weight excluding hydrogens is 281 g/mol. The van der Waals surface area contributed by atoms with Gasteiger partial charge >= 0.3 is 27.9 Å². The second-order valence-corrected chi connectivity index (χ2v) is 2.27. The van der Waals surface area contributed by atoms with E-state index in [1.165, 1.54) is 0 Å². The summed E-state index contributed by atoms with van der Waals surface area (Å²) in [7, 11) is -6.09. The Hall–Kier alpha value is 0.180. The van der Waals surface area contributed by atoms with Crippen LogP contribution < -0.4 is 0 Å². The second kappa shape index (κ2) is 5.78. The molecule has 0 aromatic heterocycles. The summed E-state index contributed by atoms with van der Waals surface area (Å²) in [5, 5.41) is 0. The third-order valence-corrected chi connectivity index (χ3v) is 0.850. The molecule has 0 spiro atoms. The molecule has 0 saturated carbocycles. The first-order valence-electron chi connectivity index (χ1n) is 1.77. The second-order valence-electron chi connectivity index (χ2n) is 0.900. The van der Waals surface area contributed by atoms with E-state index in [9.17, 15) is 13.2 Å². The molecule has 0 aliphatic rings. The molecule has 3 nitrogen and oxygen atoms in total. The molecule has 8 heteroatoms. The van der Waals surface area contributed by atoms with Crippen LogP contribution in [0, 0.1) is 0 Å². The molecule has 0 atom stereocenters. The fraction of sp³-hybridized carbons (Fsp3) is 0.333. The number of alkyl halides is 3. The van der Waals surface area contributed by atoms with Crippen LogP contribution in [-0.2, 0) is 32.5 Å². The molecule has 0 unspecified atom stereocenters. The molecule has 0 fully saturated rings. The van der Waals surface area contributed by atoms with Gasteiger partial charge in [-0.15, -0.1) is 13.2 Å². The van der Waals surface area contributed by atoms with Gasteiger partial charge in [0.05, 0.1) is 0 Å². The van der Waals surface area contributed by atoms with E-state index in [2.05, 4.69) is 13.2 Å². The maximum atomic E-state index is 10.7. The third-order valence-electron chi connectivity index (χ3n) is 0.283. The van der Waals surface area contributed by atoms with Gasteiger partial charge in [-0.25, -0.2) is 8.42 Å². The predicted molar refractivity (Wildman–Crippen MR) is 27.0 cm³/mol. The zero-order valence-electron chi connectivity index (χ0n) is 4.98. The first-order valence-corrected chi connectivity index (χ1v) is 3.18. The molecule has 0 bridgehead atoms. The summed E-state index contributed by atoms with van der Waals surface area (Å²) in [5.41, 5.74) is -5.65. The zero-order valence-corrected chi connectivity index (χ0v) is 7.28. The maximum Gasteiger partial charge on any atom is 1.00 e. The maximum absolute atomic E-state index is 10.7. The van der Waals surface area contributed by atoms with E-state index in [-0.39, 0.29) is 22.4 Å². The van der Waals surface area contributed by atoms with Crippen LogP contribution in [0.1, 0.15) is 0 Å². The molecule has 0 amide bonds. The summed E-state index contributed by atoms with van der Waals surface area (Å²) in [6.45, 7) is 6.00. The molecule has 11 heavy (non-hydrogen) atoms. The van der Waals surface area contributed by atoms with Gasteiger partial charge in [-0.2, -0.15) is 13.2 Å².